The number of nitrogens with zero attached hydrogens (tertiary/aromatic N) is 1. The highest BCUT2D eigenvalue weighted by Crippen LogP contribution is 2.21. The van der Waals surface area contributed by atoms with E-state index in [9.17, 15) is 9.59 Å². The summed E-state index contributed by atoms with van der Waals surface area (Å²) >= 11 is 0. The average Bonchev–Trinajstić information content (AvgIpc) is 2.79. The summed E-state index contributed by atoms with van der Waals surface area (Å²) in [6.45, 7) is 3.29. The molecule has 20 heavy (non-hydrogen) atoms. The first-order chi connectivity index (χ1) is 9.61. The lowest BCUT2D eigenvalue weighted by Crippen LogP contribution is -2.42. The largest absolute Gasteiger partial charge is 0.344 e. The van der Waals surface area contributed by atoms with Crippen LogP contribution in [-0.2, 0) is 9.59 Å². The number of benzene rings is 1. The fourth-order valence-corrected chi connectivity index (χ4v) is 2.30. The molecular weight excluding hydrogens is 254 g/mol. The Hall–Kier alpha value is -1.88. The van der Waals surface area contributed by atoms with Gasteiger partial charge in [0.05, 0.1) is 0 Å². The summed E-state index contributed by atoms with van der Waals surface area (Å²) in [5.74, 6) is -0.102. The summed E-state index contributed by atoms with van der Waals surface area (Å²) in [4.78, 5) is 25.7. The SMILES string of the molecule is CNCCC(=O)NC1CCN(c2ccc(C)cc2)C1=O. The molecule has 1 fully saturated rings. The molecule has 2 amide bonds. The fraction of sp³-hybridized carbons (Fsp3) is 0.467. The number of hydrogen-bond donors (Lipinski definition) is 2. The zero-order valence-corrected chi connectivity index (χ0v) is 12.0. The van der Waals surface area contributed by atoms with Crippen molar-refractivity contribution in [3.8, 4) is 0 Å². The van der Waals surface area contributed by atoms with Gasteiger partial charge in [-0.2, -0.15) is 0 Å². The van der Waals surface area contributed by atoms with E-state index in [1.807, 2.05) is 31.2 Å². The van der Waals surface area contributed by atoms with Gasteiger partial charge in [0.25, 0.3) is 0 Å². The predicted octanol–water partition coefficient (Wildman–Crippen LogP) is 0.826. The highest BCUT2D eigenvalue weighted by molar-refractivity contribution is 6.01. The second kappa shape index (κ2) is 6.52. The van der Waals surface area contributed by atoms with E-state index in [0.29, 0.717) is 25.9 Å². The maximum absolute atomic E-state index is 12.3. The van der Waals surface area contributed by atoms with Gasteiger partial charge in [0.15, 0.2) is 0 Å². The maximum atomic E-state index is 12.3. The molecule has 1 saturated heterocycles. The lowest BCUT2D eigenvalue weighted by atomic mass is 10.2. The Balaban J connectivity index is 1.95. The molecule has 1 aromatic rings. The normalized spacial score (nSPS) is 18.4. The van der Waals surface area contributed by atoms with Crippen LogP contribution in [0.25, 0.3) is 0 Å². The third kappa shape index (κ3) is 3.36. The molecule has 1 unspecified atom stereocenters. The summed E-state index contributed by atoms with van der Waals surface area (Å²) in [5.41, 5.74) is 2.06. The van der Waals surface area contributed by atoms with Crippen molar-refractivity contribution in [3.63, 3.8) is 0 Å². The molecule has 1 heterocycles. The molecule has 0 radical (unpaired) electrons. The smallest absolute Gasteiger partial charge is 0.249 e. The number of hydrogen-bond acceptors (Lipinski definition) is 3. The van der Waals surface area contributed by atoms with Gasteiger partial charge in [-0.15, -0.1) is 0 Å². The number of aryl methyl sites for hydroxylation is 1. The molecule has 2 N–H and O–H groups in total. The van der Waals surface area contributed by atoms with Crippen LogP contribution in [0.1, 0.15) is 18.4 Å². The van der Waals surface area contributed by atoms with Gasteiger partial charge in [-0.25, -0.2) is 0 Å². The average molecular weight is 275 g/mol. The van der Waals surface area contributed by atoms with Gasteiger partial charge in [-0.05, 0) is 32.5 Å². The van der Waals surface area contributed by atoms with E-state index >= 15 is 0 Å². The molecule has 0 aromatic heterocycles. The highest BCUT2D eigenvalue weighted by atomic mass is 16.2. The van der Waals surface area contributed by atoms with E-state index in [-0.39, 0.29) is 17.9 Å². The van der Waals surface area contributed by atoms with Crippen LogP contribution in [0, 0.1) is 6.92 Å². The van der Waals surface area contributed by atoms with Crippen molar-refractivity contribution < 1.29 is 9.59 Å². The lowest BCUT2D eigenvalue weighted by molar-refractivity contribution is -0.126. The molecule has 1 aliphatic heterocycles. The second-order valence-electron chi connectivity index (χ2n) is 5.09. The summed E-state index contributed by atoms with van der Waals surface area (Å²) in [6.07, 6.45) is 1.06. The summed E-state index contributed by atoms with van der Waals surface area (Å²) in [6, 6.07) is 7.47. The number of nitrogens with one attached hydrogen (secondary N) is 2. The highest BCUT2D eigenvalue weighted by Gasteiger charge is 2.33. The van der Waals surface area contributed by atoms with Crippen molar-refractivity contribution in [1.82, 2.24) is 10.6 Å². The van der Waals surface area contributed by atoms with Crippen molar-refractivity contribution in [2.24, 2.45) is 0 Å². The molecule has 2 rings (SSSR count). The van der Waals surface area contributed by atoms with Crippen LogP contribution in [0.3, 0.4) is 0 Å². The molecule has 0 bridgehead atoms. The minimum atomic E-state index is -0.388. The van der Waals surface area contributed by atoms with Crippen LogP contribution in [0.2, 0.25) is 0 Å². The molecular formula is C15H21N3O2. The van der Waals surface area contributed by atoms with E-state index < -0.39 is 0 Å². The number of carbonyl (C=O) groups is 2. The molecule has 1 aliphatic rings. The van der Waals surface area contributed by atoms with Gasteiger partial charge in [0.2, 0.25) is 11.8 Å². The van der Waals surface area contributed by atoms with Gasteiger partial charge in [-0.3, -0.25) is 9.59 Å². The van der Waals surface area contributed by atoms with Gasteiger partial charge >= 0.3 is 0 Å². The van der Waals surface area contributed by atoms with Crippen molar-refractivity contribution >= 4 is 17.5 Å². The van der Waals surface area contributed by atoms with E-state index in [0.717, 1.165) is 11.3 Å². The van der Waals surface area contributed by atoms with Gasteiger partial charge in [-0.1, -0.05) is 17.7 Å². The first-order valence-electron chi connectivity index (χ1n) is 6.94. The standard InChI is InChI=1S/C15H21N3O2/c1-11-3-5-12(6-4-11)18-10-8-13(15(18)20)17-14(19)7-9-16-2/h3-6,13,16H,7-10H2,1-2H3,(H,17,19). The van der Waals surface area contributed by atoms with Crippen molar-refractivity contribution in [3.05, 3.63) is 29.8 Å². The van der Waals surface area contributed by atoms with Crippen molar-refractivity contribution in [2.75, 3.05) is 25.0 Å². The minimum Gasteiger partial charge on any atom is -0.344 e. The number of carbonyl (C=O) groups excluding carboxylic acids is 2. The van der Waals surface area contributed by atoms with Gasteiger partial charge < -0.3 is 15.5 Å². The zero-order chi connectivity index (χ0) is 14.5. The molecule has 1 atom stereocenters. The molecule has 5 nitrogen and oxygen atoms in total. The predicted molar refractivity (Wildman–Crippen MR) is 78.6 cm³/mol. The fourth-order valence-electron chi connectivity index (χ4n) is 2.30. The first kappa shape index (κ1) is 14.5. The van der Waals surface area contributed by atoms with E-state index in [1.54, 1.807) is 11.9 Å². The van der Waals surface area contributed by atoms with Crippen LogP contribution in [0.5, 0.6) is 0 Å². The Morgan fingerprint density at radius 3 is 2.70 bits per heavy atom. The third-order valence-corrected chi connectivity index (χ3v) is 3.49. The lowest BCUT2D eigenvalue weighted by Gasteiger charge is -2.17. The molecule has 0 spiro atoms. The van der Waals surface area contributed by atoms with E-state index in [1.165, 1.54) is 0 Å². The van der Waals surface area contributed by atoms with Crippen molar-refractivity contribution in [2.45, 2.75) is 25.8 Å². The second-order valence-corrected chi connectivity index (χ2v) is 5.09. The monoisotopic (exact) mass is 275 g/mol. The number of amides is 2. The van der Waals surface area contributed by atoms with Crippen LogP contribution < -0.4 is 15.5 Å². The Morgan fingerprint density at radius 2 is 2.05 bits per heavy atom. The quantitative estimate of drug-likeness (QED) is 0.836. The van der Waals surface area contributed by atoms with Crippen LogP contribution >= 0.6 is 0 Å². The van der Waals surface area contributed by atoms with E-state index in [4.69, 9.17) is 0 Å². The summed E-state index contributed by atoms with van der Waals surface area (Å²) in [5, 5.41) is 5.72. The van der Waals surface area contributed by atoms with Gasteiger partial charge in [0, 0.05) is 25.2 Å². The topological polar surface area (TPSA) is 61.4 Å². The van der Waals surface area contributed by atoms with Gasteiger partial charge in [0.1, 0.15) is 6.04 Å². The van der Waals surface area contributed by atoms with Crippen LogP contribution in [0.15, 0.2) is 24.3 Å². The van der Waals surface area contributed by atoms with Crippen molar-refractivity contribution in [1.29, 1.82) is 0 Å². The number of anilines is 1. The Bertz CT molecular complexity index is 484. The molecule has 1 aromatic carbocycles. The number of rotatable bonds is 5. The summed E-state index contributed by atoms with van der Waals surface area (Å²) in [7, 11) is 1.80. The minimum absolute atomic E-state index is 0.0216. The van der Waals surface area contributed by atoms with Crippen LogP contribution in [0.4, 0.5) is 5.69 Å². The Labute approximate surface area is 119 Å². The molecule has 0 saturated carbocycles. The molecule has 0 aliphatic carbocycles. The zero-order valence-electron chi connectivity index (χ0n) is 12.0. The first-order valence-corrected chi connectivity index (χ1v) is 6.94. The maximum Gasteiger partial charge on any atom is 0.249 e. The third-order valence-electron chi connectivity index (χ3n) is 3.49. The Kier molecular flexibility index (Phi) is 4.74. The molecule has 5 heteroatoms. The molecule has 108 valence electrons. The van der Waals surface area contributed by atoms with E-state index in [2.05, 4.69) is 10.6 Å². The Morgan fingerprint density at radius 1 is 1.35 bits per heavy atom. The van der Waals surface area contributed by atoms with Crippen LogP contribution in [-0.4, -0.2) is 38.0 Å². The summed E-state index contributed by atoms with van der Waals surface area (Å²) < 4.78 is 0.